The van der Waals surface area contributed by atoms with Gasteiger partial charge in [0.05, 0.1) is 5.69 Å². The number of nitrogens with zero attached hydrogens (tertiary/aromatic N) is 5. The van der Waals surface area contributed by atoms with Crippen molar-refractivity contribution in [3.63, 3.8) is 0 Å². The molecule has 1 fully saturated rings. The Labute approximate surface area is 233 Å². The number of aryl methyl sites for hydroxylation is 3. The average Bonchev–Trinajstić information content (AvgIpc) is 3.58. The van der Waals surface area contributed by atoms with Gasteiger partial charge in [-0.1, -0.05) is 54.2 Å². The monoisotopic (exact) mass is 565 g/mol. The molecule has 1 saturated heterocycles. The average molecular weight is 566 g/mol. The van der Waals surface area contributed by atoms with E-state index in [4.69, 9.17) is 0 Å². The van der Waals surface area contributed by atoms with E-state index in [1.54, 1.807) is 11.8 Å². The maximum atomic E-state index is 12.7. The van der Waals surface area contributed by atoms with Crippen molar-refractivity contribution in [1.29, 1.82) is 0 Å². The topological polar surface area (TPSA) is 72.6 Å². The summed E-state index contributed by atoms with van der Waals surface area (Å²) in [4.78, 5) is 23.6. The molecule has 7 nitrogen and oxygen atoms in total. The Hall–Kier alpha value is -4.12. The molecule has 206 valence electrons. The molecule has 40 heavy (non-hydrogen) atoms. The second-order valence-electron chi connectivity index (χ2n) is 9.28. The first-order chi connectivity index (χ1) is 19.2. The highest BCUT2D eigenvalue weighted by Crippen LogP contribution is 2.31. The van der Waals surface area contributed by atoms with E-state index in [2.05, 4.69) is 50.7 Å². The third-order valence-electron chi connectivity index (χ3n) is 6.37. The Kier molecular flexibility index (Phi) is 7.92. The number of amidine groups is 1. The fourth-order valence-electron chi connectivity index (χ4n) is 4.49. The molecular weight excluding hydrogens is 539 g/mol. The second kappa shape index (κ2) is 11.5. The van der Waals surface area contributed by atoms with Gasteiger partial charge in [-0.05, 0) is 61.2 Å². The van der Waals surface area contributed by atoms with E-state index in [9.17, 15) is 18.0 Å². The van der Waals surface area contributed by atoms with Gasteiger partial charge in [-0.3, -0.25) is 4.79 Å². The molecule has 0 aliphatic carbocycles. The maximum absolute atomic E-state index is 12.7. The molecule has 0 unspecified atom stereocenters. The van der Waals surface area contributed by atoms with Crippen LogP contribution in [0.5, 0.6) is 5.75 Å². The minimum absolute atomic E-state index is 0.156. The lowest BCUT2D eigenvalue weighted by Crippen LogP contribution is -2.26. The molecule has 0 N–H and O–H groups in total. The number of anilines is 1. The number of halogens is 3. The van der Waals surface area contributed by atoms with Crippen LogP contribution in [0.25, 0.3) is 17.1 Å². The summed E-state index contributed by atoms with van der Waals surface area (Å²) in [5.41, 5.74) is 5.76. The van der Waals surface area contributed by atoms with Gasteiger partial charge in [-0.2, -0.15) is 4.99 Å². The molecule has 1 amide bonds. The lowest BCUT2D eigenvalue weighted by atomic mass is 10.1. The highest BCUT2D eigenvalue weighted by atomic mass is 32.2. The number of para-hydroxylation sites is 1. The number of hydrogen-bond donors (Lipinski definition) is 0. The van der Waals surface area contributed by atoms with Crippen molar-refractivity contribution in [2.24, 2.45) is 4.99 Å². The number of benzene rings is 3. The van der Waals surface area contributed by atoms with Crippen molar-refractivity contribution in [1.82, 2.24) is 14.8 Å². The molecule has 1 aromatic heterocycles. The van der Waals surface area contributed by atoms with Gasteiger partial charge in [0.25, 0.3) is 0 Å². The van der Waals surface area contributed by atoms with E-state index in [1.807, 2.05) is 30.3 Å². The van der Waals surface area contributed by atoms with Crippen LogP contribution in [-0.4, -0.2) is 44.5 Å². The molecule has 1 aliphatic rings. The van der Waals surface area contributed by atoms with E-state index in [0.29, 0.717) is 24.4 Å². The number of carbonyl (C=O) groups excluding carboxylic acids is 1. The second-order valence-corrected chi connectivity index (χ2v) is 10.3. The summed E-state index contributed by atoms with van der Waals surface area (Å²) >= 11 is 1.60. The summed E-state index contributed by atoms with van der Waals surface area (Å²) in [5, 5.41) is 5.18. The zero-order valence-corrected chi connectivity index (χ0v) is 22.7. The van der Waals surface area contributed by atoms with Crippen LogP contribution in [0.1, 0.15) is 23.1 Å². The zero-order valence-electron chi connectivity index (χ0n) is 21.9. The third-order valence-corrected chi connectivity index (χ3v) is 7.33. The molecule has 5 rings (SSSR count). The Morgan fingerprint density at radius 2 is 1.73 bits per heavy atom. The van der Waals surface area contributed by atoms with Crippen LogP contribution in [0.15, 0.2) is 78.0 Å². The van der Waals surface area contributed by atoms with Crippen LogP contribution in [0.2, 0.25) is 0 Å². The molecule has 0 saturated carbocycles. The summed E-state index contributed by atoms with van der Waals surface area (Å²) in [6.07, 6.45) is -2.40. The van der Waals surface area contributed by atoms with E-state index in [1.165, 1.54) is 35.3 Å². The van der Waals surface area contributed by atoms with Crippen LogP contribution in [0.3, 0.4) is 0 Å². The number of aliphatic imine (C=N–C) groups is 1. The fraction of sp³-hybridized carbons (Fsp3) is 0.241. The molecule has 0 spiro atoms. The van der Waals surface area contributed by atoms with Gasteiger partial charge in [0.1, 0.15) is 12.1 Å². The van der Waals surface area contributed by atoms with Gasteiger partial charge in [-0.15, -0.1) is 18.3 Å². The van der Waals surface area contributed by atoms with Crippen LogP contribution in [-0.2, 0) is 11.2 Å². The summed E-state index contributed by atoms with van der Waals surface area (Å²) < 4.78 is 42.5. The Bertz CT molecular complexity index is 1510. The predicted octanol–water partition coefficient (Wildman–Crippen LogP) is 6.52. The summed E-state index contributed by atoms with van der Waals surface area (Å²) in [7, 11) is 0. The summed E-state index contributed by atoms with van der Waals surface area (Å²) in [6.45, 7) is 4.97. The number of alkyl halides is 3. The number of amides is 1. The highest BCUT2D eigenvalue weighted by Gasteiger charge is 2.31. The minimum Gasteiger partial charge on any atom is -0.406 e. The Balaban J connectivity index is 1.19. The van der Waals surface area contributed by atoms with E-state index >= 15 is 0 Å². The number of ether oxygens (including phenoxy) is 1. The van der Waals surface area contributed by atoms with E-state index in [0.717, 1.165) is 45.4 Å². The fourth-order valence-corrected chi connectivity index (χ4v) is 5.45. The first-order valence-electron chi connectivity index (χ1n) is 12.6. The van der Waals surface area contributed by atoms with Gasteiger partial charge in [0.2, 0.25) is 5.91 Å². The molecular formula is C29H26F3N5O2S. The SMILES string of the molecule is Cc1cccc(C)c1N1CCSC1=NC(=O)CCc1ccc(-c2ncn(-c3ccc(OC(F)(F)F)cc3)n2)cc1. The number of carbonyl (C=O) groups is 1. The lowest BCUT2D eigenvalue weighted by Gasteiger charge is -2.22. The smallest absolute Gasteiger partial charge is 0.406 e. The van der Waals surface area contributed by atoms with Crippen LogP contribution in [0, 0.1) is 13.8 Å². The van der Waals surface area contributed by atoms with Crippen LogP contribution < -0.4 is 9.64 Å². The standard InChI is InChI=1S/C29H26F3N5O2S/c1-19-4-3-5-20(2)26(19)36-16-17-40-28(36)34-25(38)15-8-21-6-9-22(10-7-21)27-33-18-37(35-27)23-11-13-24(14-12-23)39-29(30,31)32/h3-7,9-14,18H,8,15-17H2,1-2H3. The Morgan fingerprint density at radius 1 is 1.02 bits per heavy atom. The van der Waals surface area contributed by atoms with Gasteiger partial charge in [0.15, 0.2) is 11.0 Å². The van der Waals surface area contributed by atoms with Crippen molar-refractivity contribution in [3.8, 4) is 22.8 Å². The van der Waals surface area contributed by atoms with Crippen LogP contribution in [0.4, 0.5) is 18.9 Å². The normalized spacial score (nSPS) is 14.6. The van der Waals surface area contributed by atoms with E-state index < -0.39 is 6.36 Å². The van der Waals surface area contributed by atoms with Crippen molar-refractivity contribution < 1.29 is 22.7 Å². The molecule has 3 aromatic carbocycles. The molecule has 1 aliphatic heterocycles. The number of thioether (sulfide) groups is 1. The van der Waals surface area contributed by atoms with Crippen molar-refractivity contribution in [2.75, 3.05) is 17.2 Å². The number of aromatic nitrogens is 3. The first kappa shape index (κ1) is 27.4. The number of hydrogen-bond acceptors (Lipinski definition) is 5. The molecule has 0 atom stereocenters. The molecule has 11 heteroatoms. The van der Waals surface area contributed by atoms with Gasteiger partial charge < -0.3 is 9.64 Å². The maximum Gasteiger partial charge on any atom is 0.573 e. The largest absolute Gasteiger partial charge is 0.573 e. The molecule has 4 aromatic rings. The summed E-state index contributed by atoms with van der Waals surface area (Å²) in [5.74, 6) is 0.896. The highest BCUT2D eigenvalue weighted by molar-refractivity contribution is 8.14. The number of rotatable bonds is 7. The zero-order chi connectivity index (χ0) is 28.3. The van der Waals surface area contributed by atoms with Crippen molar-refractivity contribution >= 4 is 28.5 Å². The quantitative estimate of drug-likeness (QED) is 0.254. The lowest BCUT2D eigenvalue weighted by molar-refractivity contribution is -0.274. The predicted molar refractivity (Wildman–Crippen MR) is 150 cm³/mol. The summed E-state index contributed by atoms with van der Waals surface area (Å²) in [6, 6.07) is 19.2. The van der Waals surface area contributed by atoms with Gasteiger partial charge in [-0.25, -0.2) is 9.67 Å². The van der Waals surface area contributed by atoms with Crippen LogP contribution >= 0.6 is 11.8 Å². The van der Waals surface area contributed by atoms with Crippen molar-refractivity contribution in [3.05, 3.63) is 89.7 Å². The molecule has 2 heterocycles. The molecule has 0 bridgehead atoms. The third kappa shape index (κ3) is 6.53. The van der Waals surface area contributed by atoms with Crippen molar-refractivity contribution in [2.45, 2.75) is 33.1 Å². The van der Waals surface area contributed by atoms with Gasteiger partial charge in [0, 0.05) is 30.0 Å². The first-order valence-corrected chi connectivity index (χ1v) is 13.6. The Morgan fingerprint density at radius 3 is 2.40 bits per heavy atom. The van der Waals surface area contributed by atoms with Gasteiger partial charge >= 0.3 is 6.36 Å². The minimum atomic E-state index is -4.74. The van der Waals surface area contributed by atoms with E-state index in [-0.39, 0.29) is 11.7 Å². The molecule has 0 radical (unpaired) electrons.